The predicted octanol–water partition coefficient (Wildman–Crippen LogP) is 2.09. The van der Waals surface area contributed by atoms with Gasteiger partial charge in [0.05, 0.1) is 29.4 Å². The lowest BCUT2D eigenvalue weighted by molar-refractivity contribution is -0.384. The van der Waals surface area contributed by atoms with Crippen molar-refractivity contribution < 1.29 is 19.2 Å². The Balaban J connectivity index is 1.55. The first-order chi connectivity index (χ1) is 13.5. The lowest BCUT2D eigenvalue weighted by atomic mass is 10.2. The molecule has 144 valence electrons. The average Bonchev–Trinajstić information content (AvgIpc) is 3.10. The van der Waals surface area contributed by atoms with E-state index in [4.69, 9.17) is 4.74 Å². The van der Waals surface area contributed by atoms with E-state index in [1.54, 1.807) is 34.9 Å². The lowest BCUT2D eigenvalue weighted by Crippen LogP contribution is -2.40. The maximum absolute atomic E-state index is 12.0. The van der Waals surface area contributed by atoms with E-state index in [9.17, 15) is 19.7 Å². The van der Waals surface area contributed by atoms with Crippen LogP contribution in [0.15, 0.2) is 48.8 Å². The van der Waals surface area contributed by atoms with Gasteiger partial charge in [-0.15, -0.1) is 0 Å². The number of nitrogens with one attached hydrogen (secondary N) is 2. The van der Waals surface area contributed by atoms with Crippen LogP contribution in [0.1, 0.15) is 10.4 Å². The summed E-state index contributed by atoms with van der Waals surface area (Å²) in [6.07, 6.45) is 1.54. The minimum atomic E-state index is -0.642. The fourth-order valence-electron chi connectivity index (χ4n) is 2.59. The van der Waals surface area contributed by atoms with Crippen molar-refractivity contribution in [2.45, 2.75) is 6.54 Å². The number of hydrogen-bond donors (Lipinski definition) is 2. The van der Waals surface area contributed by atoms with Crippen LogP contribution in [-0.4, -0.2) is 40.1 Å². The molecule has 1 aromatic heterocycles. The fraction of sp³-hybridized carbons (Fsp3) is 0.167. The second kappa shape index (κ2) is 8.16. The summed E-state index contributed by atoms with van der Waals surface area (Å²) in [5, 5.41) is 15.7. The van der Waals surface area contributed by atoms with Crippen molar-refractivity contribution in [1.29, 1.82) is 0 Å². The highest BCUT2D eigenvalue weighted by molar-refractivity contribution is 6.04. The number of nitro groups is 1. The van der Waals surface area contributed by atoms with Crippen LogP contribution >= 0.6 is 0 Å². The van der Waals surface area contributed by atoms with Crippen LogP contribution < -0.4 is 15.4 Å². The molecule has 10 nitrogen and oxygen atoms in total. The molecule has 3 rings (SSSR count). The number of urea groups is 1. The van der Waals surface area contributed by atoms with E-state index in [1.807, 2.05) is 0 Å². The Kier molecular flexibility index (Phi) is 5.49. The third kappa shape index (κ3) is 4.23. The van der Waals surface area contributed by atoms with Gasteiger partial charge in [0, 0.05) is 30.8 Å². The molecule has 0 unspecified atom stereocenters. The summed E-state index contributed by atoms with van der Waals surface area (Å²) >= 11 is 0. The molecular formula is C18H17N5O5. The zero-order valence-electron chi connectivity index (χ0n) is 14.9. The molecule has 0 radical (unpaired) electrons. The first kappa shape index (κ1) is 18.8. The third-order valence-corrected chi connectivity index (χ3v) is 4.03. The zero-order valence-corrected chi connectivity index (χ0v) is 14.9. The maximum Gasteiger partial charge on any atom is 0.321 e. The molecule has 0 saturated heterocycles. The second-order valence-electron chi connectivity index (χ2n) is 5.81. The maximum atomic E-state index is 12.0. The molecule has 1 heterocycles. The molecular weight excluding hydrogens is 366 g/mol. The van der Waals surface area contributed by atoms with Gasteiger partial charge in [0.1, 0.15) is 5.75 Å². The molecule has 2 N–H and O–H groups in total. The van der Waals surface area contributed by atoms with Gasteiger partial charge >= 0.3 is 6.03 Å². The quantitative estimate of drug-likeness (QED) is 0.495. The van der Waals surface area contributed by atoms with Gasteiger partial charge in [-0.25, -0.2) is 9.78 Å². The Morgan fingerprint density at radius 1 is 1.21 bits per heavy atom. The number of rotatable bonds is 6. The second-order valence-corrected chi connectivity index (χ2v) is 5.81. The molecule has 3 aromatic rings. The van der Waals surface area contributed by atoms with Crippen LogP contribution in [0.4, 0.5) is 10.5 Å². The molecule has 0 atom stereocenters. The van der Waals surface area contributed by atoms with Crippen molar-refractivity contribution in [3.8, 4) is 5.75 Å². The number of aromatic nitrogens is 2. The first-order valence-electron chi connectivity index (χ1n) is 8.30. The smallest absolute Gasteiger partial charge is 0.321 e. The summed E-state index contributed by atoms with van der Waals surface area (Å²) in [4.78, 5) is 38.5. The minimum Gasteiger partial charge on any atom is -0.497 e. The number of nitro benzene ring substituents is 1. The van der Waals surface area contributed by atoms with Crippen LogP contribution in [0.3, 0.4) is 0 Å². The average molecular weight is 383 g/mol. The van der Waals surface area contributed by atoms with Crippen molar-refractivity contribution in [2.24, 2.45) is 0 Å². The van der Waals surface area contributed by atoms with E-state index < -0.39 is 16.9 Å². The fourth-order valence-corrected chi connectivity index (χ4v) is 2.59. The van der Waals surface area contributed by atoms with Gasteiger partial charge < -0.3 is 14.6 Å². The molecule has 0 saturated carbocycles. The van der Waals surface area contributed by atoms with E-state index >= 15 is 0 Å². The van der Waals surface area contributed by atoms with Gasteiger partial charge in [0.25, 0.3) is 11.6 Å². The number of carbonyl (C=O) groups is 2. The normalized spacial score (nSPS) is 10.5. The third-order valence-electron chi connectivity index (χ3n) is 4.03. The summed E-state index contributed by atoms with van der Waals surface area (Å²) in [5.74, 6) is 0.0673. The number of carbonyl (C=O) groups excluding carboxylic acids is 2. The number of ether oxygens (including phenoxy) is 1. The summed E-state index contributed by atoms with van der Waals surface area (Å²) in [6.45, 7) is 0.539. The number of imide groups is 1. The molecule has 3 amide bonds. The Hall–Kier alpha value is -3.95. The number of methoxy groups -OCH3 is 1. The number of non-ortho nitro benzene ring substituents is 1. The Morgan fingerprint density at radius 2 is 1.96 bits per heavy atom. The molecule has 2 aromatic carbocycles. The van der Waals surface area contributed by atoms with E-state index in [2.05, 4.69) is 15.6 Å². The topological polar surface area (TPSA) is 128 Å². The Morgan fingerprint density at radius 3 is 2.64 bits per heavy atom. The monoisotopic (exact) mass is 383 g/mol. The van der Waals surface area contributed by atoms with Gasteiger partial charge in [-0.2, -0.15) is 0 Å². The van der Waals surface area contributed by atoms with Crippen molar-refractivity contribution in [1.82, 2.24) is 20.2 Å². The van der Waals surface area contributed by atoms with Crippen molar-refractivity contribution in [2.75, 3.05) is 13.7 Å². The van der Waals surface area contributed by atoms with E-state index in [1.165, 1.54) is 25.6 Å². The first-order valence-corrected chi connectivity index (χ1v) is 8.30. The summed E-state index contributed by atoms with van der Waals surface area (Å²) in [6, 6.07) is 10.1. The SMILES string of the molecule is COc1ccc(C(=O)NC(=O)NCCn2cnc3ccc([N+](=O)[O-])cc32)cc1. The molecule has 0 aliphatic heterocycles. The number of benzene rings is 2. The summed E-state index contributed by atoms with van der Waals surface area (Å²) in [7, 11) is 1.52. The number of nitrogens with zero attached hydrogens (tertiary/aromatic N) is 3. The van der Waals surface area contributed by atoms with E-state index in [-0.39, 0.29) is 12.2 Å². The van der Waals surface area contributed by atoms with Crippen LogP contribution in [0.25, 0.3) is 11.0 Å². The highest BCUT2D eigenvalue weighted by Crippen LogP contribution is 2.19. The number of imidazole rings is 1. The number of amides is 3. The Bertz CT molecular complexity index is 1030. The number of hydrogen-bond acceptors (Lipinski definition) is 6. The van der Waals surface area contributed by atoms with Gasteiger partial charge in [0.2, 0.25) is 0 Å². The lowest BCUT2D eigenvalue weighted by Gasteiger charge is -2.08. The minimum absolute atomic E-state index is 0.0370. The predicted molar refractivity (Wildman–Crippen MR) is 100 cm³/mol. The summed E-state index contributed by atoms with van der Waals surface area (Å²) < 4.78 is 6.70. The zero-order chi connectivity index (χ0) is 20.1. The van der Waals surface area contributed by atoms with Gasteiger partial charge in [-0.05, 0) is 30.3 Å². The molecule has 10 heteroatoms. The van der Waals surface area contributed by atoms with Crippen molar-refractivity contribution in [3.63, 3.8) is 0 Å². The molecule has 0 aliphatic carbocycles. The van der Waals surface area contributed by atoms with Crippen LogP contribution in [0, 0.1) is 10.1 Å². The van der Waals surface area contributed by atoms with Crippen LogP contribution in [0.5, 0.6) is 5.75 Å². The van der Waals surface area contributed by atoms with Gasteiger partial charge in [0.15, 0.2) is 0 Å². The van der Waals surface area contributed by atoms with E-state index in [0.717, 1.165) is 0 Å². The molecule has 0 spiro atoms. The highest BCUT2D eigenvalue weighted by atomic mass is 16.6. The Labute approximate surface area is 159 Å². The van der Waals surface area contributed by atoms with Gasteiger partial charge in [-0.3, -0.25) is 20.2 Å². The molecule has 28 heavy (non-hydrogen) atoms. The van der Waals surface area contributed by atoms with E-state index in [0.29, 0.717) is 28.9 Å². The largest absolute Gasteiger partial charge is 0.497 e. The van der Waals surface area contributed by atoms with Crippen LogP contribution in [0.2, 0.25) is 0 Å². The molecule has 0 fully saturated rings. The highest BCUT2D eigenvalue weighted by Gasteiger charge is 2.12. The van der Waals surface area contributed by atoms with Crippen molar-refractivity contribution in [3.05, 3.63) is 64.5 Å². The molecule has 0 bridgehead atoms. The molecule has 0 aliphatic rings. The standard InChI is InChI=1S/C18H17N5O5/c1-28-14-5-2-12(3-6-14)17(24)21-18(25)19-8-9-22-11-20-15-7-4-13(23(26)27)10-16(15)22/h2-7,10-11H,8-9H2,1H3,(H2,19,21,24,25). The number of fused-ring (bicyclic) bond motifs is 1. The van der Waals surface area contributed by atoms with Gasteiger partial charge in [-0.1, -0.05) is 0 Å². The van der Waals surface area contributed by atoms with Crippen LogP contribution in [-0.2, 0) is 6.54 Å². The van der Waals surface area contributed by atoms with Crippen molar-refractivity contribution >= 4 is 28.7 Å². The summed E-state index contributed by atoms with van der Waals surface area (Å²) in [5.41, 5.74) is 1.49.